The van der Waals surface area contributed by atoms with Gasteiger partial charge in [-0.25, -0.2) is 9.37 Å². The van der Waals surface area contributed by atoms with Crippen LogP contribution in [0, 0.1) is 5.82 Å². The van der Waals surface area contributed by atoms with E-state index in [-0.39, 0.29) is 22.5 Å². The van der Waals surface area contributed by atoms with Crippen molar-refractivity contribution in [3.8, 4) is 0 Å². The number of benzene rings is 1. The van der Waals surface area contributed by atoms with Gasteiger partial charge in [0.25, 0.3) is 0 Å². The number of pyridine rings is 1. The van der Waals surface area contributed by atoms with Crippen LogP contribution in [0.3, 0.4) is 0 Å². The summed E-state index contributed by atoms with van der Waals surface area (Å²) in [4.78, 5) is 16.0. The minimum Gasteiger partial charge on any atom is -0.399 e. The first-order valence-corrected chi connectivity index (χ1v) is 7.48. The number of nitrogens with one attached hydrogen (secondary N) is 1. The molecule has 21 heavy (non-hydrogen) atoms. The number of anilines is 2. The number of aromatic nitrogens is 1. The molecule has 1 aromatic heterocycles. The summed E-state index contributed by atoms with van der Waals surface area (Å²) in [5.41, 5.74) is 5.78. The normalized spacial score (nSPS) is 10.4. The maximum atomic E-state index is 13.6. The summed E-state index contributed by atoms with van der Waals surface area (Å²) in [6.45, 7) is 0. The number of carbonyl (C=O) groups excluding carboxylic acids is 1. The van der Waals surface area contributed by atoms with Crippen molar-refractivity contribution < 1.29 is 9.18 Å². The van der Waals surface area contributed by atoms with E-state index in [9.17, 15) is 9.18 Å². The minimum atomic E-state index is -0.463. The highest BCUT2D eigenvalue weighted by molar-refractivity contribution is 8.00. The maximum Gasteiger partial charge on any atom is 0.235 e. The Morgan fingerprint density at radius 1 is 1.38 bits per heavy atom. The fraction of sp³-hybridized carbons (Fsp3) is 0.0769. The fourth-order valence-electron chi connectivity index (χ4n) is 1.45. The first kappa shape index (κ1) is 15.9. The predicted octanol–water partition coefficient (Wildman–Crippen LogP) is 3.84. The van der Waals surface area contributed by atoms with Gasteiger partial charge in [-0.3, -0.25) is 4.79 Å². The molecule has 0 unspecified atom stereocenters. The van der Waals surface area contributed by atoms with E-state index < -0.39 is 5.82 Å². The minimum absolute atomic E-state index is 0.0154. The SMILES string of the molecule is Nc1ccc(SCC(=O)Nc2ncc(Cl)cc2Cl)c(F)c1. The molecule has 0 aliphatic rings. The van der Waals surface area contributed by atoms with Crippen LogP contribution in [0.1, 0.15) is 0 Å². The van der Waals surface area contributed by atoms with Crippen molar-refractivity contribution >= 4 is 52.4 Å². The lowest BCUT2D eigenvalue weighted by Crippen LogP contribution is -2.15. The first-order chi connectivity index (χ1) is 9.95. The van der Waals surface area contributed by atoms with Crippen molar-refractivity contribution in [2.75, 3.05) is 16.8 Å². The van der Waals surface area contributed by atoms with Gasteiger partial charge in [0.05, 0.1) is 15.8 Å². The molecule has 0 fully saturated rings. The largest absolute Gasteiger partial charge is 0.399 e. The standard InChI is InChI=1S/C13H10Cl2FN3OS/c14-7-3-9(15)13(18-5-7)19-12(20)6-21-11-2-1-8(17)4-10(11)16/h1-5H,6,17H2,(H,18,19,20). The van der Waals surface area contributed by atoms with Crippen LogP contribution in [0.4, 0.5) is 15.9 Å². The van der Waals surface area contributed by atoms with E-state index in [0.29, 0.717) is 15.6 Å². The first-order valence-electron chi connectivity index (χ1n) is 5.74. The van der Waals surface area contributed by atoms with Gasteiger partial charge in [0.1, 0.15) is 5.82 Å². The quantitative estimate of drug-likeness (QED) is 0.652. The van der Waals surface area contributed by atoms with E-state index in [1.165, 1.54) is 24.4 Å². The van der Waals surface area contributed by atoms with Crippen LogP contribution in [-0.2, 0) is 4.79 Å². The van der Waals surface area contributed by atoms with E-state index in [1.54, 1.807) is 6.07 Å². The van der Waals surface area contributed by atoms with Crippen molar-refractivity contribution in [2.24, 2.45) is 0 Å². The molecular weight excluding hydrogens is 336 g/mol. The lowest BCUT2D eigenvalue weighted by atomic mass is 10.3. The van der Waals surface area contributed by atoms with Gasteiger partial charge in [-0.05, 0) is 24.3 Å². The molecule has 0 aliphatic carbocycles. The van der Waals surface area contributed by atoms with Gasteiger partial charge >= 0.3 is 0 Å². The fourth-order valence-corrected chi connectivity index (χ4v) is 2.60. The monoisotopic (exact) mass is 345 g/mol. The van der Waals surface area contributed by atoms with Crippen LogP contribution >= 0.6 is 35.0 Å². The molecule has 3 N–H and O–H groups in total. The van der Waals surface area contributed by atoms with Gasteiger partial charge in [-0.2, -0.15) is 0 Å². The molecule has 0 aliphatic heterocycles. The number of nitrogens with zero attached hydrogens (tertiary/aromatic N) is 1. The van der Waals surface area contributed by atoms with Crippen LogP contribution in [0.2, 0.25) is 10.0 Å². The van der Waals surface area contributed by atoms with Gasteiger partial charge in [-0.15, -0.1) is 11.8 Å². The second-order valence-corrected chi connectivity index (χ2v) is 5.87. The smallest absolute Gasteiger partial charge is 0.235 e. The average molecular weight is 346 g/mol. The van der Waals surface area contributed by atoms with Crippen LogP contribution in [0.5, 0.6) is 0 Å². The van der Waals surface area contributed by atoms with Crippen molar-refractivity contribution in [3.05, 3.63) is 46.3 Å². The molecular formula is C13H10Cl2FN3OS. The van der Waals surface area contributed by atoms with E-state index in [1.807, 2.05) is 0 Å². The number of nitrogen functional groups attached to an aromatic ring is 1. The van der Waals surface area contributed by atoms with Gasteiger partial charge < -0.3 is 11.1 Å². The lowest BCUT2D eigenvalue weighted by Gasteiger charge is -2.07. The highest BCUT2D eigenvalue weighted by Gasteiger charge is 2.10. The predicted molar refractivity (Wildman–Crippen MR) is 84.4 cm³/mol. The Balaban J connectivity index is 1.96. The molecule has 1 amide bonds. The summed E-state index contributed by atoms with van der Waals surface area (Å²) >= 11 is 12.7. The third-order valence-electron chi connectivity index (χ3n) is 2.38. The van der Waals surface area contributed by atoms with Crippen molar-refractivity contribution in [1.82, 2.24) is 4.98 Å². The van der Waals surface area contributed by atoms with Crippen LogP contribution < -0.4 is 11.1 Å². The van der Waals surface area contributed by atoms with Crippen molar-refractivity contribution in [3.63, 3.8) is 0 Å². The molecule has 0 bridgehead atoms. The van der Waals surface area contributed by atoms with Gasteiger partial charge in [0.2, 0.25) is 5.91 Å². The van der Waals surface area contributed by atoms with Crippen molar-refractivity contribution in [1.29, 1.82) is 0 Å². The topological polar surface area (TPSA) is 68.0 Å². The van der Waals surface area contributed by atoms with E-state index in [4.69, 9.17) is 28.9 Å². The second kappa shape index (κ2) is 6.98. The number of hydrogen-bond donors (Lipinski definition) is 2. The maximum absolute atomic E-state index is 13.6. The highest BCUT2D eigenvalue weighted by Crippen LogP contribution is 2.25. The Morgan fingerprint density at radius 3 is 2.81 bits per heavy atom. The van der Waals surface area contributed by atoms with Crippen molar-refractivity contribution in [2.45, 2.75) is 4.90 Å². The van der Waals surface area contributed by atoms with E-state index in [2.05, 4.69) is 10.3 Å². The number of halogens is 3. The summed E-state index contributed by atoms with van der Waals surface area (Å²) in [5.74, 6) is -0.588. The second-order valence-electron chi connectivity index (χ2n) is 4.01. The third-order valence-corrected chi connectivity index (χ3v) is 3.92. The number of thioether (sulfide) groups is 1. The number of rotatable bonds is 4. The highest BCUT2D eigenvalue weighted by atomic mass is 35.5. The lowest BCUT2D eigenvalue weighted by molar-refractivity contribution is -0.113. The zero-order valence-electron chi connectivity index (χ0n) is 10.6. The van der Waals surface area contributed by atoms with Gasteiger partial charge in [-0.1, -0.05) is 23.2 Å². The molecule has 1 aromatic carbocycles. The summed E-state index contributed by atoms with van der Waals surface area (Å²) in [5, 5.41) is 3.14. The summed E-state index contributed by atoms with van der Waals surface area (Å²) in [7, 11) is 0. The Hall–Kier alpha value is -1.50. The summed E-state index contributed by atoms with van der Waals surface area (Å²) < 4.78 is 13.6. The molecule has 2 rings (SSSR count). The zero-order valence-corrected chi connectivity index (χ0v) is 12.9. The number of carbonyl (C=O) groups is 1. The molecule has 0 saturated carbocycles. The van der Waals surface area contributed by atoms with E-state index >= 15 is 0 Å². The van der Waals surface area contributed by atoms with Crippen LogP contribution in [0.25, 0.3) is 0 Å². The average Bonchev–Trinajstić information content (AvgIpc) is 2.41. The molecule has 0 spiro atoms. The van der Waals surface area contributed by atoms with Crippen LogP contribution in [-0.4, -0.2) is 16.6 Å². The molecule has 0 radical (unpaired) electrons. The Morgan fingerprint density at radius 2 is 2.14 bits per heavy atom. The van der Waals surface area contributed by atoms with E-state index in [0.717, 1.165) is 11.8 Å². The molecule has 0 saturated heterocycles. The van der Waals surface area contributed by atoms with Gasteiger partial charge in [0, 0.05) is 16.8 Å². The molecule has 0 atom stereocenters. The molecule has 2 aromatic rings. The van der Waals surface area contributed by atoms with Crippen LogP contribution in [0.15, 0.2) is 35.4 Å². The Labute approximate surface area is 134 Å². The molecule has 4 nitrogen and oxygen atoms in total. The summed E-state index contributed by atoms with van der Waals surface area (Å²) in [6.07, 6.45) is 1.37. The number of amides is 1. The third kappa shape index (κ3) is 4.49. The Kier molecular flexibility index (Phi) is 5.27. The summed E-state index contributed by atoms with van der Waals surface area (Å²) in [6, 6.07) is 5.77. The molecule has 110 valence electrons. The van der Waals surface area contributed by atoms with Gasteiger partial charge in [0.15, 0.2) is 5.82 Å². The Bertz CT molecular complexity index is 684. The number of nitrogens with two attached hydrogens (primary N) is 1. The number of hydrogen-bond acceptors (Lipinski definition) is 4. The molecule has 8 heteroatoms. The zero-order chi connectivity index (χ0) is 15.4. The molecule has 1 heterocycles.